The van der Waals surface area contributed by atoms with Gasteiger partial charge in [0.05, 0.1) is 19.3 Å². The molecule has 7 nitrogen and oxygen atoms in total. The molecule has 0 spiro atoms. The molecule has 190 valence electrons. The number of carbonyl (C=O) groups excluding carboxylic acids is 2. The fraction of sp³-hybridized carbons (Fsp3) is 0.920. The Bertz CT molecular complexity index is 448. The maximum atomic E-state index is 11.9. The van der Waals surface area contributed by atoms with Gasteiger partial charge in [-0.05, 0) is 39.0 Å². The van der Waals surface area contributed by atoms with Gasteiger partial charge in [0.1, 0.15) is 6.61 Å². The molecule has 0 heterocycles. The summed E-state index contributed by atoms with van der Waals surface area (Å²) in [5, 5.41) is 5.75. The van der Waals surface area contributed by atoms with E-state index in [9.17, 15) is 9.59 Å². The molecule has 2 N–H and O–H groups in total. The molecule has 0 bridgehead atoms. The van der Waals surface area contributed by atoms with Crippen molar-refractivity contribution in [3.63, 3.8) is 0 Å². The number of rotatable bonds is 23. The lowest BCUT2D eigenvalue weighted by Gasteiger charge is -2.13. The molecular weight excluding hydrogens is 408 g/mol. The van der Waals surface area contributed by atoms with Crippen LogP contribution in [0.4, 0.5) is 0 Å². The smallest absolute Gasteiger partial charge is 0.246 e. The van der Waals surface area contributed by atoms with Crippen molar-refractivity contribution in [2.24, 2.45) is 5.92 Å². The van der Waals surface area contributed by atoms with Gasteiger partial charge in [0.15, 0.2) is 0 Å². The van der Waals surface area contributed by atoms with Crippen LogP contribution in [-0.4, -0.2) is 64.0 Å². The lowest BCUT2D eigenvalue weighted by molar-refractivity contribution is -0.127. The Hall–Kier alpha value is -1.18. The number of unbranched alkanes of at least 4 members (excludes halogenated alkanes) is 5. The second-order valence-electron chi connectivity index (χ2n) is 8.59. The summed E-state index contributed by atoms with van der Waals surface area (Å²) >= 11 is 0. The van der Waals surface area contributed by atoms with Crippen LogP contribution in [0.25, 0.3) is 0 Å². The third-order valence-corrected chi connectivity index (χ3v) is 5.34. The maximum Gasteiger partial charge on any atom is 0.246 e. The minimum absolute atomic E-state index is 0.0836. The average molecular weight is 459 g/mol. The zero-order valence-corrected chi connectivity index (χ0v) is 21.2. The molecule has 2 amide bonds. The number of amides is 2. The lowest BCUT2D eigenvalue weighted by Crippen LogP contribution is -2.32. The number of hydrogen-bond donors (Lipinski definition) is 2. The Morgan fingerprint density at radius 2 is 1.34 bits per heavy atom. The van der Waals surface area contributed by atoms with Crippen LogP contribution in [0.2, 0.25) is 0 Å². The van der Waals surface area contributed by atoms with Crippen LogP contribution in [0, 0.1) is 5.92 Å². The molecule has 0 radical (unpaired) electrons. The molecule has 0 aromatic carbocycles. The van der Waals surface area contributed by atoms with Crippen molar-refractivity contribution < 1.29 is 23.8 Å². The van der Waals surface area contributed by atoms with Crippen LogP contribution < -0.4 is 10.6 Å². The van der Waals surface area contributed by atoms with Crippen LogP contribution in [0.5, 0.6) is 0 Å². The van der Waals surface area contributed by atoms with E-state index in [1.54, 1.807) is 0 Å². The number of ether oxygens (including phenoxy) is 3. The van der Waals surface area contributed by atoms with Gasteiger partial charge in [0.2, 0.25) is 11.8 Å². The molecular formula is C25H50N2O5. The Kier molecular flexibility index (Phi) is 22.1. The van der Waals surface area contributed by atoms with E-state index in [-0.39, 0.29) is 30.4 Å². The fourth-order valence-corrected chi connectivity index (χ4v) is 3.15. The molecule has 0 aromatic heterocycles. The van der Waals surface area contributed by atoms with Crippen LogP contribution in [0.1, 0.15) is 91.9 Å². The lowest BCUT2D eigenvalue weighted by atomic mass is 10.0. The van der Waals surface area contributed by atoms with E-state index in [2.05, 4.69) is 24.5 Å². The summed E-state index contributed by atoms with van der Waals surface area (Å²) in [6.07, 6.45) is 10.8. The summed E-state index contributed by atoms with van der Waals surface area (Å²) in [5.74, 6) is 0.125. The monoisotopic (exact) mass is 458 g/mol. The minimum atomic E-state index is -0.0836. The Labute approximate surface area is 196 Å². The normalized spacial score (nSPS) is 13.0. The quantitative estimate of drug-likeness (QED) is 0.224. The highest BCUT2D eigenvalue weighted by molar-refractivity contribution is 5.78. The van der Waals surface area contributed by atoms with Gasteiger partial charge in [-0.25, -0.2) is 0 Å². The van der Waals surface area contributed by atoms with Gasteiger partial charge in [0.25, 0.3) is 0 Å². The molecule has 32 heavy (non-hydrogen) atoms. The van der Waals surface area contributed by atoms with Crippen LogP contribution in [-0.2, 0) is 23.8 Å². The van der Waals surface area contributed by atoms with E-state index >= 15 is 0 Å². The topological polar surface area (TPSA) is 85.9 Å². The van der Waals surface area contributed by atoms with Crippen LogP contribution >= 0.6 is 0 Å². The Morgan fingerprint density at radius 1 is 0.719 bits per heavy atom. The summed E-state index contributed by atoms with van der Waals surface area (Å²) in [4.78, 5) is 23.6. The number of hydrogen-bond acceptors (Lipinski definition) is 5. The van der Waals surface area contributed by atoms with Crippen molar-refractivity contribution in [3.8, 4) is 0 Å². The predicted octanol–water partition coefficient (Wildman–Crippen LogP) is 4.23. The summed E-state index contributed by atoms with van der Waals surface area (Å²) in [6, 6.07) is 0. The first kappa shape index (κ1) is 30.8. The summed E-state index contributed by atoms with van der Waals surface area (Å²) in [6.45, 7) is 12.0. The Morgan fingerprint density at radius 3 is 1.97 bits per heavy atom. The zero-order chi connectivity index (χ0) is 23.9. The molecule has 0 rings (SSSR count). The molecule has 0 aliphatic rings. The van der Waals surface area contributed by atoms with Gasteiger partial charge in [-0.2, -0.15) is 0 Å². The molecule has 0 saturated carbocycles. The second-order valence-corrected chi connectivity index (χ2v) is 8.59. The summed E-state index contributed by atoms with van der Waals surface area (Å²) < 4.78 is 16.7. The predicted molar refractivity (Wildman–Crippen MR) is 130 cm³/mol. The molecule has 0 fully saturated rings. The van der Waals surface area contributed by atoms with E-state index in [0.717, 1.165) is 51.4 Å². The van der Waals surface area contributed by atoms with Crippen molar-refractivity contribution in [2.75, 3.05) is 46.1 Å². The zero-order valence-electron chi connectivity index (χ0n) is 21.2. The highest BCUT2D eigenvalue weighted by Crippen LogP contribution is 2.07. The van der Waals surface area contributed by atoms with Gasteiger partial charge in [-0.1, -0.05) is 52.9 Å². The second kappa shape index (κ2) is 23.0. The highest BCUT2D eigenvalue weighted by atomic mass is 16.5. The Balaban J connectivity index is 3.34. The van der Waals surface area contributed by atoms with Crippen molar-refractivity contribution in [2.45, 2.75) is 98.0 Å². The van der Waals surface area contributed by atoms with E-state index in [4.69, 9.17) is 14.2 Å². The van der Waals surface area contributed by atoms with Gasteiger partial charge in [-0.15, -0.1) is 0 Å². The standard InChI is InChI=1S/C25H50N2O5/c1-5-7-10-14-23(4)32-21-24(28)26-15-19-30-17-11-9-12-18-31-20-16-27-25(29)22(3)13-8-6-2/h22-23H,5-21H2,1-4H3,(H,26,28)(H,27,29). The first-order valence-electron chi connectivity index (χ1n) is 12.8. The van der Waals surface area contributed by atoms with Crippen molar-refractivity contribution in [1.29, 1.82) is 0 Å². The van der Waals surface area contributed by atoms with Gasteiger partial charge >= 0.3 is 0 Å². The average Bonchev–Trinajstić information content (AvgIpc) is 2.79. The van der Waals surface area contributed by atoms with E-state index in [1.807, 2.05) is 13.8 Å². The van der Waals surface area contributed by atoms with Crippen molar-refractivity contribution in [3.05, 3.63) is 0 Å². The van der Waals surface area contributed by atoms with Gasteiger partial charge < -0.3 is 24.8 Å². The van der Waals surface area contributed by atoms with E-state index in [0.29, 0.717) is 39.5 Å². The molecule has 7 heteroatoms. The number of nitrogens with one attached hydrogen (secondary N) is 2. The van der Waals surface area contributed by atoms with E-state index < -0.39 is 0 Å². The molecule has 0 saturated heterocycles. The van der Waals surface area contributed by atoms with Gasteiger partial charge in [-0.3, -0.25) is 9.59 Å². The molecule has 2 atom stereocenters. The SMILES string of the molecule is CCCCCC(C)OCC(=O)NCCOCCCCCOCCNC(=O)C(C)CCCC. The maximum absolute atomic E-state index is 11.9. The minimum Gasteiger partial charge on any atom is -0.380 e. The molecule has 2 unspecified atom stereocenters. The van der Waals surface area contributed by atoms with Gasteiger partial charge in [0, 0.05) is 32.2 Å². The summed E-state index contributed by atoms with van der Waals surface area (Å²) in [5.41, 5.74) is 0. The third kappa shape index (κ3) is 20.7. The van der Waals surface area contributed by atoms with E-state index in [1.165, 1.54) is 12.8 Å². The van der Waals surface area contributed by atoms with Crippen LogP contribution in [0.15, 0.2) is 0 Å². The molecule has 0 aliphatic carbocycles. The van der Waals surface area contributed by atoms with Crippen molar-refractivity contribution >= 4 is 11.8 Å². The number of carbonyl (C=O) groups is 2. The largest absolute Gasteiger partial charge is 0.380 e. The first-order valence-corrected chi connectivity index (χ1v) is 12.8. The van der Waals surface area contributed by atoms with Crippen molar-refractivity contribution in [1.82, 2.24) is 10.6 Å². The molecule has 0 aromatic rings. The molecule has 0 aliphatic heterocycles. The first-order chi connectivity index (χ1) is 15.5. The third-order valence-electron chi connectivity index (χ3n) is 5.34. The fourth-order valence-electron chi connectivity index (χ4n) is 3.15. The van der Waals surface area contributed by atoms with Crippen LogP contribution in [0.3, 0.4) is 0 Å². The summed E-state index contributed by atoms with van der Waals surface area (Å²) in [7, 11) is 0. The highest BCUT2D eigenvalue weighted by Gasteiger charge is 2.11.